The number of methoxy groups -OCH3 is 1. The average molecular weight is 478 g/mol. The largest absolute Gasteiger partial charge is 0.505 e. The topological polar surface area (TPSA) is 113 Å². The molecule has 0 saturated heterocycles. The Labute approximate surface area is 175 Å². The summed E-state index contributed by atoms with van der Waals surface area (Å²) in [6.07, 6.45) is 0. The summed E-state index contributed by atoms with van der Waals surface area (Å²) in [7, 11) is -2.87. The number of carbonyl (C=O) groups is 1. The van der Waals surface area contributed by atoms with Gasteiger partial charge in [0.05, 0.1) is 12.8 Å². The second kappa shape index (κ2) is 8.14. The van der Waals surface area contributed by atoms with E-state index in [0.29, 0.717) is 15.6 Å². The second-order valence-corrected chi connectivity index (χ2v) is 8.56. The van der Waals surface area contributed by atoms with Gasteiger partial charge >= 0.3 is 5.97 Å². The zero-order valence-corrected chi connectivity index (χ0v) is 17.5. The predicted molar refractivity (Wildman–Crippen MR) is 112 cm³/mol. The number of anilines is 1. The van der Waals surface area contributed by atoms with Crippen LogP contribution in [-0.2, 0) is 10.0 Å². The Morgan fingerprint density at radius 1 is 1.03 bits per heavy atom. The van der Waals surface area contributed by atoms with E-state index in [4.69, 9.17) is 4.74 Å². The Morgan fingerprint density at radius 3 is 2.34 bits per heavy atom. The molecule has 0 spiro atoms. The Kier molecular flexibility index (Phi) is 5.81. The van der Waals surface area contributed by atoms with Crippen LogP contribution in [0.5, 0.6) is 11.5 Å². The van der Waals surface area contributed by atoms with Crippen LogP contribution in [-0.4, -0.2) is 31.7 Å². The Morgan fingerprint density at radius 2 is 1.72 bits per heavy atom. The molecule has 3 N–H and O–H groups in total. The van der Waals surface area contributed by atoms with E-state index in [9.17, 15) is 23.4 Å². The van der Waals surface area contributed by atoms with Crippen molar-refractivity contribution in [2.24, 2.45) is 0 Å². The van der Waals surface area contributed by atoms with Gasteiger partial charge in [-0.1, -0.05) is 46.3 Å². The number of aromatic hydroxyl groups is 1. The molecule has 3 aromatic rings. The quantitative estimate of drug-likeness (QED) is 0.455. The van der Waals surface area contributed by atoms with Gasteiger partial charge in [-0.05, 0) is 41.5 Å². The van der Waals surface area contributed by atoms with Crippen molar-refractivity contribution in [3.05, 3.63) is 70.7 Å². The van der Waals surface area contributed by atoms with Gasteiger partial charge in [0.15, 0.2) is 5.75 Å². The summed E-state index contributed by atoms with van der Waals surface area (Å²) in [5.41, 5.74) is 0.409. The van der Waals surface area contributed by atoms with Crippen molar-refractivity contribution >= 4 is 37.6 Å². The molecule has 0 atom stereocenters. The third kappa shape index (κ3) is 4.36. The van der Waals surface area contributed by atoms with E-state index in [1.807, 2.05) is 0 Å². The normalized spacial score (nSPS) is 11.1. The average Bonchev–Trinajstić information content (AvgIpc) is 2.69. The standard InChI is InChI=1S/C20H16BrNO6S/c1-28-17-8-7-14(21)11-18(17)29(26,27)22-16-10-13(12-5-3-2-4-6-12)9-15(19(16)23)20(24)25/h2-11,22-23H,1H3,(H,24,25). The van der Waals surface area contributed by atoms with Crippen molar-refractivity contribution < 1.29 is 28.2 Å². The van der Waals surface area contributed by atoms with E-state index < -0.39 is 27.3 Å². The SMILES string of the molecule is COc1ccc(Br)cc1S(=O)(=O)Nc1cc(-c2ccccc2)cc(C(=O)O)c1O. The van der Waals surface area contributed by atoms with Crippen molar-refractivity contribution in [1.29, 1.82) is 0 Å². The minimum absolute atomic E-state index is 0.0952. The van der Waals surface area contributed by atoms with Gasteiger partial charge in [-0.15, -0.1) is 0 Å². The highest BCUT2D eigenvalue weighted by Crippen LogP contribution is 2.36. The Hall–Kier alpha value is -3.04. The first-order chi connectivity index (χ1) is 13.7. The fourth-order valence-electron chi connectivity index (χ4n) is 2.73. The lowest BCUT2D eigenvalue weighted by molar-refractivity contribution is 0.0694. The summed E-state index contributed by atoms with van der Waals surface area (Å²) in [4.78, 5) is 11.4. The molecule has 3 rings (SSSR count). The highest BCUT2D eigenvalue weighted by Gasteiger charge is 2.24. The molecular formula is C20H16BrNO6S. The maximum atomic E-state index is 12.9. The van der Waals surface area contributed by atoms with Crippen LogP contribution in [0, 0.1) is 0 Å². The zero-order chi connectivity index (χ0) is 21.2. The summed E-state index contributed by atoms with van der Waals surface area (Å²) in [5, 5.41) is 19.8. The van der Waals surface area contributed by atoms with Crippen molar-refractivity contribution in [2.45, 2.75) is 4.90 Å². The van der Waals surface area contributed by atoms with E-state index in [1.54, 1.807) is 36.4 Å². The molecule has 150 valence electrons. The number of benzene rings is 3. The van der Waals surface area contributed by atoms with Crippen LogP contribution in [0.3, 0.4) is 0 Å². The molecule has 0 fully saturated rings. The molecule has 0 radical (unpaired) electrons. The molecule has 0 unspecified atom stereocenters. The number of carboxylic acid groups (broad SMARTS) is 1. The third-order valence-corrected chi connectivity index (χ3v) is 5.99. The number of phenols is 1. The summed E-state index contributed by atoms with van der Waals surface area (Å²) in [6.45, 7) is 0. The molecule has 0 aliphatic rings. The maximum absolute atomic E-state index is 12.9. The number of carboxylic acids is 1. The van der Waals surface area contributed by atoms with Crippen molar-refractivity contribution in [1.82, 2.24) is 0 Å². The van der Waals surface area contributed by atoms with E-state index in [1.165, 1.54) is 31.4 Å². The van der Waals surface area contributed by atoms with Gasteiger partial charge in [-0.3, -0.25) is 4.72 Å². The fourth-order valence-corrected chi connectivity index (χ4v) is 4.50. The van der Waals surface area contributed by atoms with Gasteiger partial charge in [-0.25, -0.2) is 13.2 Å². The first-order valence-electron chi connectivity index (χ1n) is 8.25. The van der Waals surface area contributed by atoms with Gasteiger partial charge < -0.3 is 14.9 Å². The maximum Gasteiger partial charge on any atom is 0.339 e. The second-order valence-electron chi connectivity index (χ2n) is 5.99. The van der Waals surface area contributed by atoms with Gasteiger partial charge in [0.2, 0.25) is 0 Å². The van der Waals surface area contributed by atoms with E-state index in [2.05, 4.69) is 20.7 Å². The minimum Gasteiger partial charge on any atom is -0.505 e. The van der Waals surface area contributed by atoms with Gasteiger partial charge in [0.25, 0.3) is 10.0 Å². The molecule has 3 aromatic carbocycles. The monoisotopic (exact) mass is 477 g/mol. The van der Waals surface area contributed by atoms with Crippen LogP contribution in [0.15, 0.2) is 70.0 Å². The Balaban J connectivity index is 2.15. The number of sulfonamides is 1. The minimum atomic E-state index is -4.20. The molecule has 0 aliphatic carbocycles. The van der Waals surface area contributed by atoms with Crippen molar-refractivity contribution in [3.63, 3.8) is 0 Å². The fraction of sp³-hybridized carbons (Fsp3) is 0.0500. The van der Waals surface area contributed by atoms with E-state index in [0.717, 1.165) is 0 Å². The number of halogens is 1. The Bertz CT molecular complexity index is 1180. The summed E-state index contributed by atoms with van der Waals surface area (Å²) in [5.74, 6) is -1.98. The molecule has 0 bridgehead atoms. The first kappa shape index (κ1) is 20.7. The predicted octanol–water partition coefficient (Wildman–Crippen LogP) is 4.33. The van der Waals surface area contributed by atoms with Crippen molar-refractivity contribution in [2.75, 3.05) is 11.8 Å². The summed E-state index contributed by atoms with van der Waals surface area (Å²) in [6, 6.07) is 15.9. The lowest BCUT2D eigenvalue weighted by atomic mass is 10.0. The molecule has 29 heavy (non-hydrogen) atoms. The number of nitrogens with one attached hydrogen (secondary N) is 1. The third-order valence-electron chi connectivity index (χ3n) is 4.11. The van der Waals surface area contributed by atoms with Gasteiger partial charge in [-0.2, -0.15) is 0 Å². The zero-order valence-electron chi connectivity index (χ0n) is 15.1. The van der Waals surface area contributed by atoms with E-state index >= 15 is 0 Å². The molecule has 0 amide bonds. The van der Waals surface area contributed by atoms with Crippen LogP contribution >= 0.6 is 15.9 Å². The summed E-state index contributed by atoms with van der Waals surface area (Å²) < 4.78 is 33.8. The smallest absolute Gasteiger partial charge is 0.339 e. The van der Waals surface area contributed by atoms with Crippen LogP contribution in [0.2, 0.25) is 0 Å². The molecule has 9 heteroatoms. The summed E-state index contributed by atoms with van der Waals surface area (Å²) >= 11 is 3.22. The number of aromatic carboxylic acids is 1. The molecule has 7 nitrogen and oxygen atoms in total. The number of hydrogen-bond acceptors (Lipinski definition) is 5. The van der Waals surface area contributed by atoms with Crippen molar-refractivity contribution in [3.8, 4) is 22.6 Å². The highest BCUT2D eigenvalue weighted by molar-refractivity contribution is 9.10. The number of rotatable bonds is 6. The van der Waals surface area contributed by atoms with Crippen LogP contribution in [0.4, 0.5) is 5.69 Å². The number of hydrogen-bond donors (Lipinski definition) is 3. The van der Waals surface area contributed by atoms with Gasteiger partial charge in [0.1, 0.15) is 16.2 Å². The highest BCUT2D eigenvalue weighted by atomic mass is 79.9. The molecule has 0 aromatic heterocycles. The van der Waals surface area contributed by atoms with E-state index in [-0.39, 0.29) is 16.3 Å². The lowest BCUT2D eigenvalue weighted by Crippen LogP contribution is -2.15. The first-order valence-corrected chi connectivity index (χ1v) is 10.5. The lowest BCUT2D eigenvalue weighted by Gasteiger charge is -2.15. The molecule has 0 heterocycles. The molecular weight excluding hydrogens is 462 g/mol. The van der Waals surface area contributed by atoms with Crippen LogP contribution in [0.25, 0.3) is 11.1 Å². The number of ether oxygens (including phenoxy) is 1. The molecule has 0 saturated carbocycles. The van der Waals surface area contributed by atoms with Crippen LogP contribution < -0.4 is 9.46 Å². The molecule has 0 aliphatic heterocycles. The van der Waals surface area contributed by atoms with Crippen LogP contribution in [0.1, 0.15) is 10.4 Å². The van der Waals surface area contributed by atoms with Gasteiger partial charge in [0, 0.05) is 4.47 Å².